The summed E-state index contributed by atoms with van der Waals surface area (Å²) < 4.78 is 16.2. The number of carbonyl (C=O) groups is 1. The van der Waals surface area contributed by atoms with Gasteiger partial charge in [-0.3, -0.25) is 14.4 Å². The van der Waals surface area contributed by atoms with Crippen molar-refractivity contribution < 1.29 is 14.3 Å². The molecule has 1 amide bonds. The van der Waals surface area contributed by atoms with Crippen molar-refractivity contribution in [1.29, 1.82) is 0 Å². The van der Waals surface area contributed by atoms with Crippen LogP contribution in [0.5, 0.6) is 5.75 Å². The SMILES string of the molecule is CCc1cn(C)c(=O)c2c1c(=O)c(O)c1n2CCN(Cc2ccc(F)c(Cl)c2)C1=O. The van der Waals surface area contributed by atoms with Crippen LogP contribution in [0.15, 0.2) is 34.0 Å². The zero-order chi connectivity index (χ0) is 21.7. The van der Waals surface area contributed by atoms with Gasteiger partial charge in [0, 0.05) is 32.9 Å². The second kappa shape index (κ2) is 7.28. The first-order valence-electron chi connectivity index (χ1n) is 9.45. The molecule has 4 rings (SSSR count). The molecule has 1 N–H and O–H groups in total. The highest BCUT2D eigenvalue weighted by atomic mass is 35.5. The van der Waals surface area contributed by atoms with Gasteiger partial charge in [0.05, 0.1) is 10.4 Å². The maximum Gasteiger partial charge on any atom is 0.274 e. The Balaban J connectivity index is 1.88. The first-order chi connectivity index (χ1) is 14.2. The van der Waals surface area contributed by atoms with Gasteiger partial charge in [-0.2, -0.15) is 0 Å². The Labute approximate surface area is 175 Å². The third kappa shape index (κ3) is 2.99. The Kier molecular flexibility index (Phi) is 4.89. The summed E-state index contributed by atoms with van der Waals surface area (Å²) in [7, 11) is 1.58. The standard InChI is InChI=1S/C21H19ClFN3O4/c1-3-12-10-24(2)20(29)16-15(12)18(27)19(28)17-21(30)25(6-7-26(16)17)9-11-4-5-14(23)13(22)8-11/h4-5,8,10,28H,3,6-7,9H2,1-2H3. The lowest BCUT2D eigenvalue weighted by atomic mass is 10.0. The van der Waals surface area contributed by atoms with Crippen molar-refractivity contribution in [3.05, 3.63) is 72.6 Å². The number of aromatic hydroxyl groups is 1. The Bertz CT molecular complexity index is 1330. The zero-order valence-electron chi connectivity index (χ0n) is 16.4. The quantitative estimate of drug-likeness (QED) is 0.690. The molecule has 0 fully saturated rings. The van der Waals surface area contributed by atoms with E-state index in [1.54, 1.807) is 13.2 Å². The fourth-order valence-electron chi connectivity index (χ4n) is 3.94. The minimum atomic E-state index is -0.731. The molecule has 7 nitrogen and oxygen atoms in total. The highest BCUT2D eigenvalue weighted by Crippen LogP contribution is 2.27. The molecule has 1 aromatic carbocycles. The lowest BCUT2D eigenvalue weighted by Gasteiger charge is -2.31. The third-order valence-corrected chi connectivity index (χ3v) is 5.75. The van der Waals surface area contributed by atoms with E-state index in [2.05, 4.69) is 0 Å². The van der Waals surface area contributed by atoms with Crippen molar-refractivity contribution in [1.82, 2.24) is 14.0 Å². The van der Waals surface area contributed by atoms with Crippen LogP contribution in [0.4, 0.5) is 4.39 Å². The van der Waals surface area contributed by atoms with E-state index in [1.807, 2.05) is 6.92 Å². The summed E-state index contributed by atoms with van der Waals surface area (Å²) in [6.07, 6.45) is 2.07. The minimum absolute atomic E-state index is 0.0574. The first kappa shape index (κ1) is 20.2. The molecule has 3 heterocycles. The fourth-order valence-corrected chi connectivity index (χ4v) is 4.15. The summed E-state index contributed by atoms with van der Waals surface area (Å²) >= 11 is 5.82. The van der Waals surface area contributed by atoms with Crippen LogP contribution in [0.1, 0.15) is 28.5 Å². The lowest BCUT2D eigenvalue weighted by Crippen LogP contribution is -2.42. The van der Waals surface area contributed by atoms with E-state index in [-0.39, 0.29) is 41.3 Å². The molecule has 2 aromatic heterocycles. The van der Waals surface area contributed by atoms with E-state index in [4.69, 9.17) is 11.6 Å². The topological polar surface area (TPSA) is 84.5 Å². The van der Waals surface area contributed by atoms with Crippen molar-refractivity contribution in [2.24, 2.45) is 7.05 Å². The fraction of sp³-hybridized carbons (Fsp3) is 0.286. The number of hydrogen-bond acceptors (Lipinski definition) is 4. The third-order valence-electron chi connectivity index (χ3n) is 5.46. The molecule has 0 saturated carbocycles. The van der Waals surface area contributed by atoms with Crippen molar-refractivity contribution in [2.45, 2.75) is 26.4 Å². The van der Waals surface area contributed by atoms with E-state index in [0.717, 1.165) is 0 Å². The van der Waals surface area contributed by atoms with Crippen LogP contribution >= 0.6 is 11.6 Å². The van der Waals surface area contributed by atoms with Crippen LogP contribution in [0.25, 0.3) is 10.9 Å². The van der Waals surface area contributed by atoms with Crippen LogP contribution in [0, 0.1) is 5.82 Å². The Morgan fingerprint density at radius 1 is 1.20 bits per heavy atom. The summed E-state index contributed by atoms with van der Waals surface area (Å²) in [6.45, 7) is 2.44. The number of hydrogen-bond donors (Lipinski definition) is 1. The molecule has 156 valence electrons. The molecule has 0 atom stereocenters. The van der Waals surface area contributed by atoms with E-state index in [1.165, 1.54) is 32.2 Å². The zero-order valence-corrected chi connectivity index (χ0v) is 17.2. The molecule has 0 saturated heterocycles. The molecule has 1 aliphatic heterocycles. The number of carbonyl (C=O) groups excluding carboxylic acids is 1. The van der Waals surface area contributed by atoms with Gasteiger partial charge in [0.1, 0.15) is 11.3 Å². The number of aromatic nitrogens is 2. The van der Waals surface area contributed by atoms with E-state index in [9.17, 15) is 23.9 Å². The number of halogens is 2. The Hall–Kier alpha value is -3.13. The second-order valence-electron chi connectivity index (χ2n) is 7.30. The van der Waals surface area contributed by atoms with Crippen molar-refractivity contribution in [2.75, 3.05) is 6.54 Å². The molecule has 30 heavy (non-hydrogen) atoms. The minimum Gasteiger partial charge on any atom is -0.503 e. The molecule has 0 unspecified atom stereocenters. The van der Waals surface area contributed by atoms with Gasteiger partial charge >= 0.3 is 0 Å². The van der Waals surface area contributed by atoms with Crippen LogP contribution in [-0.2, 0) is 26.6 Å². The molecule has 3 aromatic rings. The molecule has 0 aliphatic carbocycles. The second-order valence-corrected chi connectivity index (χ2v) is 7.71. The van der Waals surface area contributed by atoms with E-state index in [0.29, 0.717) is 17.5 Å². The maximum absolute atomic E-state index is 13.4. The average molecular weight is 432 g/mol. The highest BCUT2D eigenvalue weighted by molar-refractivity contribution is 6.30. The molecule has 0 radical (unpaired) electrons. The number of pyridine rings is 2. The van der Waals surface area contributed by atoms with Gasteiger partial charge in [0.25, 0.3) is 11.5 Å². The van der Waals surface area contributed by atoms with E-state index < -0.39 is 28.5 Å². The van der Waals surface area contributed by atoms with Gasteiger partial charge in [0.2, 0.25) is 5.43 Å². The van der Waals surface area contributed by atoms with Gasteiger partial charge in [0.15, 0.2) is 11.4 Å². The molecule has 0 spiro atoms. The van der Waals surface area contributed by atoms with Crippen molar-refractivity contribution >= 4 is 28.4 Å². The maximum atomic E-state index is 13.4. The number of nitrogens with zero attached hydrogens (tertiary/aromatic N) is 3. The van der Waals surface area contributed by atoms with Crippen molar-refractivity contribution in [3.63, 3.8) is 0 Å². The Morgan fingerprint density at radius 3 is 2.60 bits per heavy atom. The summed E-state index contributed by atoms with van der Waals surface area (Å²) in [5.41, 5.74) is -0.00345. The molecular weight excluding hydrogens is 413 g/mol. The summed E-state index contributed by atoms with van der Waals surface area (Å²) in [5, 5.41) is 10.7. The molecular formula is C21H19ClFN3O4. The van der Waals surface area contributed by atoms with Gasteiger partial charge in [-0.25, -0.2) is 4.39 Å². The van der Waals surface area contributed by atoms with E-state index >= 15 is 0 Å². The normalized spacial score (nSPS) is 13.7. The number of rotatable bonds is 3. The largest absolute Gasteiger partial charge is 0.503 e. The summed E-state index contributed by atoms with van der Waals surface area (Å²) in [6, 6.07) is 4.15. The number of fused-ring (bicyclic) bond motifs is 3. The van der Waals surface area contributed by atoms with Crippen LogP contribution < -0.4 is 11.0 Å². The summed E-state index contributed by atoms with van der Waals surface area (Å²) in [4.78, 5) is 40.3. The van der Waals surface area contributed by atoms with Gasteiger partial charge in [-0.05, 0) is 29.7 Å². The molecule has 0 bridgehead atoms. The highest BCUT2D eigenvalue weighted by Gasteiger charge is 2.32. The monoisotopic (exact) mass is 431 g/mol. The number of benzene rings is 1. The van der Waals surface area contributed by atoms with Crippen LogP contribution in [-0.4, -0.2) is 31.6 Å². The van der Waals surface area contributed by atoms with Crippen molar-refractivity contribution in [3.8, 4) is 5.75 Å². The summed E-state index contributed by atoms with van der Waals surface area (Å²) in [5.74, 6) is -1.81. The van der Waals surface area contributed by atoms with Gasteiger partial charge < -0.3 is 19.1 Å². The number of aryl methyl sites for hydroxylation is 2. The first-order valence-corrected chi connectivity index (χ1v) is 9.83. The Morgan fingerprint density at radius 2 is 1.93 bits per heavy atom. The number of amides is 1. The lowest BCUT2D eigenvalue weighted by molar-refractivity contribution is 0.0686. The average Bonchev–Trinajstić information content (AvgIpc) is 2.72. The molecule has 1 aliphatic rings. The smallest absolute Gasteiger partial charge is 0.274 e. The van der Waals surface area contributed by atoms with Crippen LogP contribution in [0.3, 0.4) is 0 Å². The molecule has 9 heteroatoms. The van der Waals surface area contributed by atoms with Gasteiger partial charge in [-0.15, -0.1) is 0 Å². The predicted molar refractivity (Wildman–Crippen MR) is 111 cm³/mol. The predicted octanol–water partition coefficient (Wildman–Crippen LogP) is 2.42. The van der Waals surface area contributed by atoms with Gasteiger partial charge in [-0.1, -0.05) is 24.6 Å². The van der Waals surface area contributed by atoms with Crippen LogP contribution in [0.2, 0.25) is 5.02 Å².